The van der Waals surface area contributed by atoms with Gasteiger partial charge < -0.3 is 15.0 Å². The third-order valence-corrected chi connectivity index (χ3v) is 2.71. The van der Waals surface area contributed by atoms with Crippen LogP contribution in [0.15, 0.2) is 28.8 Å². The minimum atomic E-state index is -0.186. The van der Waals surface area contributed by atoms with Gasteiger partial charge in [0.05, 0.1) is 13.2 Å². The molecule has 0 unspecified atom stereocenters. The largest absolute Gasteiger partial charge is 0.497 e. The molecule has 2 aromatic rings. The zero-order chi connectivity index (χ0) is 13.0. The van der Waals surface area contributed by atoms with Crippen LogP contribution < -0.4 is 10.5 Å². The first kappa shape index (κ1) is 12.6. The first-order chi connectivity index (χ1) is 8.74. The zero-order valence-corrected chi connectivity index (χ0v) is 10.6. The average molecular weight is 247 g/mol. The van der Waals surface area contributed by atoms with Gasteiger partial charge in [0.2, 0.25) is 11.7 Å². The zero-order valence-electron chi connectivity index (χ0n) is 10.6. The van der Waals surface area contributed by atoms with Gasteiger partial charge in [0, 0.05) is 5.56 Å². The molecule has 1 heterocycles. The molecule has 0 bridgehead atoms. The summed E-state index contributed by atoms with van der Waals surface area (Å²) in [4.78, 5) is 4.31. The Morgan fingerprint density at radius 3 is 2.67 bits per heavy atom. The lowest BCUT2D eigenvalue weighted by atomic mass is 10.2. The highest BCUT2D eigenvalue weighted by atomic mass is 16.5. The van der Waals surface area contributed by atoms with Crippen molar-refractivity contribution >= 4 is 0 Å². The minimum Gasteiger partial charge on any atom is -0.497 e. The Kier molecular flexibility index (Phi) is 3.94. The van der Waals surface area contributed by atoms with E-state index in [1.165, 1.54) is 0 Å². The number of hydrogen-bond acceptors (Lipinski definition) is 5. The predicted octanol–water partition coefficient (Wildman–Crippen LogP) is 2.55. The van der Waals surface area contributed by atoms with Gasteiger partial charge in [-0.3, -0.25) is 0 Å². The van der Waals surface area contributed by atoms with Gasteiger partial charge in [-0.25, -0.2) is 0 Å². The van der Waals surface area contributed by atoms with E-state index in [1.54, 1.807) is 7.11 Å². The summed E-state index contributed by atoms with van der Waals surface area (Å²) in [5.74, 6) is 1.84. The number of rotatable bonds is 5. The molecule has 0 radical (unpaired) electrons. The van der Waals surface area contributed by atoms with Crippen molar-refractivity contribution in [3.05, 3.63) is 30.2 Å². The Hall–Kier alpha value is -1.88. The molecule has 5 nitrogen and oxygen atoms in total. The molecule has 2 rings (SSSR count). The highest BCUT2D eigenvalue weighted by molar-refractivity contribution is 5.55. The van der Waals surface area contributed by atoms with E-state index in [0.717, 1.165) is 24.2 Å². The SMILES string of the molecule is CCC[C@@H](N)c1nc(-c2ccc(OC)cc2)no1. The van der Waals surface area contributed by atoms with Crippen molar-refractivity contribution in [1.29, 1.82) is 0 Å². The fourth-order valence-corrected chi connectivity index (χ4v) is 1.68. The second-order valence-electron chi connectivity index (χ2n) is 4.08. The van der Waals surface area contributed by atoms with Crippen molar-refractivity contribution in [3.63, 3.8) is 0 Å². The van der Waals surface area contributed by atoms with E-state index in [1.807, 2.05) is 24.3 Å². The summed E-state index contributed by atoms with van der Waals surface area (Å²) in [6.45, 7) is 2.07. The molecule has 1 aromatic heterocycles. The van der Waals surface area contributed by atoms with E-state index in [9.17, 15) is 0 Å². The van der Waals surface area contributed by atoms with Crippen LogP contribution >= 0.6 is 0 Å². The van der Waals surface area contributed by atoms with Crippen molar-refractivity contribution < 1.29 is 9.26 Å². The summed E-state index contributed by atoms with van der Waals surface area (Å²) in [7, 11) is 1.63. The molecule has 18 heavy (non-hydrogen) atoms. The molecule has 0 saturated heterocycles. The molecule has 0 spiro atoms. The number of nitrogens with two attached hydrogens (primary N) is 1. The molecule has 0 saturated carbocycles. The summed E-state index contributed by atoms with van der Waals surface area (Å²) >= 11 is 0. The monoisotopic (exact) mass is 247 g/mol. The van der Waals surface area contributed by atoms with E-state index >= 15 is 0 Å². The van der Waals surface area contributed by atoms with Crippen LogP contribution in [-0.2, 0) is 0 Å². The molecular weight excluding hydrogens is 230 g/mol. The topological polar surface area (TPSA) is 74.2 Å². The maximum atomic E-state index is 5.93. The Labute approximate surface area is 106 Å². The fourth-order valence-electron chi connectivity index (χ4n) is 1.68. The molecule has 0 aliphatic rings. The number of benzene rings is 1. The minimum absolute atomic E-state index is 0.186. The number of methoxy groups -OCH3 is 1. The van der Waals surface area contributed by atoms with Crippen LogP contribution in [-0.4, -0.2) is 17.3 Å². The third-order valence-electron chi connectivity index (χ3n) is 2.71. The van der Waals surface area contributed by atoms with Gasteiger partial charge in [0.1, 0.15) is 5.75 Å². The van der Waals surface area contributed by atoms with Gasteiger partial charge in [0.25, 0.3) is 0 Å². The van der Waals surface area contributed by atoms with Crippen molar-refractivity contribution in [3.8, 4) is 17.1 Å². The van der Waals surface area contributed by atoms with E-state index in [4.69, 9.17) is 15.0 Å². The quantitative estimate of drug-likeness (QED) is 0.878. The lowest BCUT2D eigenvalue weighted by molar-refractivity contribution is 0.348. The molecular formula is C13H17N3O2. The van der Waals surface area contributed by atoms with Crippen LogP contribution in [0.25, 0.3) is 11.4 Å². The van der Waals surface area contributed by atoms with Crippen molar-refractivity contribution in [2.75, 3.05) is 7.11 Å². The van der Waals surface area contributed by atoms with E-state index in [-0.39, 0.29) is 6.04 Å². The van der Waals surface area contributed by atoms with Gasteiger partial charge in [-0.05, 0) is 30.7 Å². The summed E-state index contributed by atoms with van der Waals surface area (Å²) < 4.78 is 10.3. The molecule has 1 aromatic carbocycles. The van der Waals surface area contributed by atoms with Crippen molar-refractivity contribution in [2.45, 2.75) is 25.8 Å². The Morgan fingerprint density at radius 1 is 1.33 bits per heavy atom. The van der Waals surface area contributed by atoms with E-state index in [0.29, 0.717) is 11.7 Å². The molecule has 2 N–H and O–H groups in total. The first-order valence-corrected chi connectivity index (χ1v) is 5.98. The summed E-state index contributed by atoms with van der Waals surface area (Å²) in [6, 6.07) is 7.31. The second-order valence-corrected chi connectivity index (χ2v) is 4.08. The second kappa shape index (κ2) is 5.64. The number of ether oxygens (including phenoxy) is 1. The Bertz CT molecular complexity index is 493. The van der Waals surface area contributed by atoms with Gasteiger partial charge in [-0.15, -0.1) is 0 Å². The summed E-state index contributed by atoms with van der Waals surface area (Å²) in [6.07, 6.45) is 1.83. The normalized spacial score (nSPS) is 12.4. The van der Waals surface area contributed by atoms with Gasteiger partial charge in [-0.1, -0.05) is 18.5 Å². The van der Waals surface area contributed by atoms with Gasteiger partial charge in [-0.2, -0.15) is 4.98 Å². The van der Waals surface area contributed by atoms with Crippen molar-refractivity contribution in [1.82, 2.24) is 10.1 Å². The van der Waals surface area contributed by atoms with E-state index in [2.05, 4.69) is 17.1 Å². The van der Waals surface area contributed by atoms with Crippen molar-refractivity contribution in [2.24, 2.45) is 5.73 Å². The lowest BCUT2D eigenvalue weighted by Crippen LogP contribution is -2.09. The lowest BCUT2D eigenvalue weighted by Gasteiger charge is -2.02. The molecule has 0 aliphatic carbocycles. The van der Waals surface area contributed by atoms with Crippen LogP contribution in [0.1, 0.15) is 31.7 Å². The highest BCUT2D eigenvalue weighted by Gasteiger charge is 2.14. The van der Waals surface area contributed by atoms with E-state index < -0.39 is 0 Å². The molecule has 96 valence electrons. The number of nitrogens with zero attached hydrogens (tertiary/aromatic N) is 2. The number of aromatic nitrogens is 2. The third kappa shape index (κ3) is 2.68. The average Bonchev–Trinajstić information content (AvgIpc) is 2.89. The van der Waals surface area contributed by atoms with Crippen LogP contribution in [0, 0.1) is 0 Å². The molecule has 5 heteroatoms. The molecule has 0 fully saturated rings. The maximum Gasteiger partial charge on any atom is 0.243 e. The van der Waals surface area contributed by atoms with Crippen LogP contribution in [0.4, 0.5) is 0 Å². The smallest absolute Gasteiger partial charge is 0.243 e. The summed E-state index contributed by atoms with van der Waals surface area (Å²) in [5, 5.41) is 3.94. The predicted molar refractivity (Wildman–Crippen MR) is 68.1 cm³/mol. The Morgan fingerprint density at radius 2 is 2.06 bits per heavy atom. The number of hydrogen-bond donors (Lipinski definition) is 1. The molecule has 0 aliphatic heterocycles. The van der Waals surface area contributed by atoms with Crippen LogP contribution in [0.5, 0.6) is 5.75 Å². The van der Waals surface area contributed by atoms with Gasteiger partial charge in [0.15, 0.2) is 0 Å². The summed E-state index contributed by atoms with van der Waals surface area (Å²) in [5.41, 5.74) is 6.81. The van der Waals surface area contributed by atoms with Gasteiger partial charge >= 0.3 is 0 Å². The maximum absolute atomic E-state index is 5.93. The first-order valence-electron chi connectivity index (χ1n) is 5.98. The van der Waals surface area contributed by atoms with Crippen LogP contribution in [0.3, 0.4) is 0 Å². The fraction of sp³-hybridized carbons (Fsp3) is 0.385. The molecule has 0 amide bonds. The standard InChI is InChI=1S/C13H17N3O2/c1-3-4-11(14)13-15-12(16-18-13)9-5-7-10(17-2)8-6-9/h5-8,11H,3-4,14H2,1-2H3/t11-/m1/s1. The molecule has 1 atom stereocenters. The highest BCUT2D eigenvalue weighted by Crippen LogP contribution is 2.22. The Balaban J connectivity index is 2.18. The van der Waals surface area contributed by atoms with Crippen LogP contribution in [0.2, 0.25) is 0 Å².